The van der Waals surface area contributed by atoms with Crippen molar-refractivity contribution in [1.29, 1.82) is 0 Å². The molecule has 0 aromatic rings. The van der Waals surface area contributed by atoms with Gasteiger partial charge in [0.2, 0.25) is 5.91 Å². The molecule has 2 unspecified atom stereocenters. The number of carbonyl (C=O) groups excluding carboxylic acids is 1. The van der Waals surface area contributed by atoms with Gasteiger partial charge < -0.3 is 10.0 Å². The lowest BCUT2D eigenvalue weighted by Gasteiger charge is -2.21. The number of aliphatic hydroxyl groups is 1. The van der Waals surface area contributed by atoms with Gasteiger partial charge in [-0.25, -0.2) is 0 Å². The number of amides is 1. The summed E-state index contributed by atoms with van der Waals surface area (Å²) in [5.41, 5.74) is 0. The molecule has 0 saturated heterocycles. The number of fused-ring (bicyclic) bond motifs is 1. The SMILES string of the molecule is CCCN(CCO)C(=O)C1C2CCCC21. The monoisotopic (exact) mass is 211 g/mol. The van der Waals surface area contributed by atoms with Crippen molar-refractivity contribution in [3.05, 3.63) is 0 Å². The summed E-state index contributed by atoms with van der Waals surface area (Å²) in [7, 11) is 0. The van der Waals surface area contributed by atoms with Crippen molar-refractivity contribution >= 4 is 5.91 Å². The lowest BCUT2D eigenvalue weighted by molar-refractivity contribution is -0.134. The fraction of sp³-hybridized carbons (Fsp3) is 0.917. The number of hydrogen-bond donors (Lipinski definition) is 1. The van der Waals surface area contributed by atoms with Crippen LogP contribution in [0, 0.1) is 17.8 Å². The Morgan fingerprint density at radius 1 is 1.33 bits per heavy atom. The summed E-state index contributed by atoms with van der Waals surface area (Å²) in [5.74, 6) is 2.00. The van der Waals surface area contributed by atoms with E-state index in [1.54, 1.807) is 0 Å². The third-order valence-electron chi connectivity index (χ3n) is 3.87. The van der Waals surface area contributed by atoms with E-state index < -0.39 is 0 Å². The number of carbonyl (C=O) groups is 1. The minimum absolute atomic E-state index is 0.0911. The molecule has 2 fully saturated rings. The van der Waals surface area contributed by atoms with E-state index in [0.29, 0.717) is 30.2 Å². The molecule has 1 amide bonds. The molecule has 3 nitrogen and oxygen atoms in total. The van der Waals surface area contributed by atoms with Crippen LogP contribution in [0.1, 0.15) is 32.6 Å². The van der Waals surface area contributed by atoms with Crippen LogP contribution in [0.3, 0.4) is 0 Å². The summed E-state index contributed by atoms with van der Waals surface area (Å²) >= 11 is 0. The summed E-state index contributed by atoms with van der Waals surface area (Å²) in [4.78, 5) is 14.0. The second-order valence-electron chi connectivity index (χ2n) is 4.83. The van der Waals surface area contributed by atoms with Gasteiger partial charge in [0.1, 0.15) is 0 Å². The van der Waals surface area contributed by atoms with Gasteiger partial charge in [-0.2, -0.15) is 0 Å². The summed E-state index contributed by atoms with van der Waals surface area (Å²) in [6, 6.07) is 0. The highest BCUT2D eigenvalue weighted by Crippen LogP contribution is 2.58. The first-order chi connectivity index (χ1) is 7.29. The predicted molar refractivity (Wildman–Crippen MR) is 58.3 cm³/mol. The van der Waals surface area contributed by atoms with Crippen molar-refractivity contribution in [2.45, 2.75) is 32.6 Å². The maximum Gasteiger partial charge on any atom is 0.226 e. The van der Waals surface area contributed by atoms with Crippen LogP contribution in [-0.2, 0) is 4.79 Å². The van der Waals surface area contributed by atoms with E-state index in [1.165, 1.54) is 19.3 Å². The molecule has 2 aliphatic rings. The minimum atomic E-state index is 0.0911. The van der Waals surface area contributed by atoms with Gasteiger partial charge in [-0.3, -0.25) is 4.79 Å². The van der Waals surface area contributed by atoms with Gasteiger partial charge in [-0.15, -0.1) is 0 Å². The first-order valence-corrected chi connectivity index (χ1v) is 6.19. The zero-order valence-electron chi connectivity index (χ0n) is 9.48. The topological polar surface area (TPSA) is 40.5 Å². The molecule has 0 bridgehead atoms. The minimum Gasteiger partial charge on any atom is -0.395 e. The first kappa shape index (κ1) is 10.9. The molecule has 2 atom stereocenters. The smallest absolute Gasteiger partial charge is 0.226 e. The van der Waals surface area contributed by atoms with Gasteiger partial charge in [0.25, 0.3) is 0 Å². The quantitative estimate of drug-likeness (QED) is 0.744. The fourth-order valence-electron chi connectivity index (χ4n) is 3.12. The highest BCUT2D eigenvalue weighted by Gasteiger charge is 2.57. The molecule has 3 heteroatoms. The fourth-order valence-corrected chi connectivity index (χ4v) is 3.12. The van der Waals surface area contributed by atoms with Crippen LogP contribution < -0.4 is 0 Å². The van der Waals surface area contributed by atoms with Gasteiger partial charge in [0, 0.05) is 19.0 Å². The normalized spacial score (nSPS) is 32.5. The largest absolute Gasteiger partial charge is 0.395 e. The Bertz CT molecular complexity index is 226. The molecule has 0 aliphatic heterocycles. The molecular weight excluding hydrogens is 190 g/mol. The van der Waals surface area contributed by atoms with Gasteiger partial charge in [-0.1, -0.05) is 13.3 Å². The van der Waals surface area contributed by atoms with E-state index in [0.717, 1.165) is 13.0 Å². The van der Waals surface area contributed by atoms with Crippen LogP contribution in [0.4, 0.5) is 0 Å². The standard InChI is InChI=1S/C12H21NO2/c1-2-6-13(7-8-14)12(15)11-9-4-3-5-10(9)11/h9-11,14H,2-8H2,1H3. The molecule has 2 aliphatic carbocycles. The van der Waals surface area contributed by atoms with Gasteiger partial charge >= 0.3 is 0 Å². The molecule has 1 N–H and O–H groups in total. The van der Waals surface area contributed by atoms with E-state index in [-0.39, 0.29) is 6.61 Å². The molecule has 0 aromatic heterocycles. The van der Waals surface area contributed by atoms with Crippen LogP contribution in [0.25, 0.3) is 0 Å². The molecule has 86 valence electrons. The molecule has 15 heavy (non-hydrogen) atoms. The Kier molecular flexibility index (Phi) is 3.29. The van der Waals surface area contributed by atoms with Crippen molar-refractivity contribution in [3.8, 4) is 0 Å². The van der Waals surface area contributed by atoms with Gasteiger partial charge in [0.05, 0.1) is 6.61 Å². The first-order valence-electron chi connectivity index (χ1n) is 6.19. The second-order valence-corrected chi connectivity index (χ2v) is 4.83. The number of nitrogens with zero attached hydrogens (tertiary/aromatic N) is 1. The lowest BCUT2D eigenvalue weighted by atomic mass is 10.1. The van der Waals surface area contributed by atoms with E-state index in [9.17, 15) is 4.79 Å². The van der Waals surface area contributed by atoms with E-state index in [1.807, 2.05) is 4.90 Å². The summed E-state index contributed by atoms with van der Waals surface area (Å²) < 4.78 is 0. The summed E-state index contributed by atoms with van der Waals surface area (Å²) in [6.07, 6.45) is 4.79. The Hall–Kier alpha value is -0.570. The van der Waals surface area contributed by atoms with Crippen molar-refractivity contribution in [2.24, 2.45) is 17.8 Å². The molecule has 0 aromatic carbocycles. The predicted octanol–water partition coefficient (Wildman–Crippen LogP) is 1.26. The van der Waals surface area contributed by atoms with Crippen LogP contribution in [0.5, 0.6) is 0 Å². The summed E-state index contributed by atoms with van der Waals surface area (Å²) in [6.45, 7) is 3.48. The number of aliphatic hydroxyl groups excluding tert-OH is 1. The molecule has 0 heterocycles. The third-order valence-corrected chi connectivity index (χ3v) is 3.87. The average molecular weight is 211 g/mol. The summed E-state index contributed by atoms with van der Waals surface area (Å²) in [5, 5.41) is 8.92. The van der Waals surface area contributed by atoms with E-state index in [2.05, 4.69) is 6.92 Å². The lowest BCUT2D eigenvalue weighted by Crippen LogP contribution is -2.36. The Morgan fingerprint density at radius 2 is 2.00 bits per heavy atom. The third kappa shape index (κ3) is 2.03. The van der Waals surface area contributed by atoms with Gasteiger partial charge in [-0.05, 0) is 31.1 Å². The number of rotatable bonds is 5. The van der Waals surface area contributed by atoms with Crippen LogP contribution in [0.15, 0.2) is 0 Å². The van der Waals surface area contributed by atoms with Crippen molar-refractivity contribution in [3.63, 3.8) is 0 Å². The Labute approximate surface area is 91.5 Å². The Balaban J connectivity index is 1.88. The molecule has 2 rings (SSSR count). The highest BCUT2D eigenvalue weighted by molar-refractivity contribution is 5.82. The molecule has 2 saturated carbocycles. The van der Waals surface area contributed by atoms with Gasteiger partial charge in [0.15, 0.2) is 0 Å². The van der Waals surface area contributed by atoms with Crippen molar-refractivity contribution < 1.29 is 9.90 Å². The molecular formula is C12H21NO2. The highest BCUT2D eigenvalue weighted by atomic mass is 16.3. The second kappa shape index (κ2) is 4.52. The van der Waals surface area contributed by atoms with Crippen LogP contribution >= 0.6 is 0 Å². The zero-order valence-corrected chi connectivity index (χ0v) is 9.48. The van der Waals surface area contributed by atoms with Crippen LogP contribution in [0.2, 0.25) is 0 Å². The molecule has 0 radical (unpaired) electrons. The van der Waals surface area contributed by atoms with E-state index in [4.69, 9.17) is 5.11 Å². The Morgan fingerprint density at radius 3 is 2.53 bits per heavy atom. The van der Waals surface area contributed by atoms with Crippen LogP contribution in [-0.4, -0.2) is 35.6 Å². The van der Waals surface area contributed by atoms with Crippen molar-refractivity contribution in [1.82, 2.24) is 4.90 Å². The average Bonchev–Trinajstić information content (AvgIpc) is 2.70. The van der Waals surface area contributed by atoms with Crippen molar-refractivity contribution in [2.75, 3.05) is 19.7 Å². The van der Waals surface area contributed by atoms with E-state index >= 15 is 0 Å². The number of hydrogen-bond acceptors (Lipinski definition) is 2. The molecule has 0 spiro atoms. The zero-order chi connectivity index (χ0) is 10.8. The maximum absolute atomic E-state index is 12.1. The maximum atomic E-state index is 12.1.